The molecule has 1 aromatic carbocycles. The van der Waals surface area contributed by atoms with Gasteiger partial charge >= 0.3 is 0 Å². The zero-order valence-electron chi connectivity index (χ0n) is 19.9. The first-order chi connectivity index (χ1) is 13.7. The van der Waals surface area contributed by atoms with Gasteiger partial charge in [0.05, 0.1) is 6.10 Å². The van der Waals surface area contributed by atoms with Crippen molar-refractivity contribution in [3.63, 3.8) is 0 Å². The van der Waals surface area contributed by atoms with E-state index in [2.05, 4.69) is 64.6 Å². The lowest BCUT2D eigenvalue weighted by Crippen LogP contribution is -2.23. The van der Waals surface area contributed by atoms with Crippen molar-refractivity contribution in [3.05, 3.63) is 76.4 Å². The summed E-state index contributed by atoms with van der Waals surface area (Å²) in [4.78, 5) is 0. The summed E-state index contributed by atoms with van der Waals surface area (Å²) in [6, 6.07) is 6.69. The number of hydrogen-bond donors (Lipinski definition) is 2. The van der Waals surface area contributed by atoms with Gasteiger partial charge in [-0.1, -0.05) is 89.3 Å². The van der Waals surface area contributed by atoms with Crippen LogP contribution in [0, 0.1) is 0 Å². The summed E-state index contributed by atoms with van der Waals surface area (Å²) >= 11 is 0. The lowest BCUT2D eigenvalue weighted by Gasteiger charge is -2.21. The molecule has 0 spiro atoms. The Hall–Kier alpha value is -1.90. The Kier molecular flexibility index (Phi) is 13.2. The molecule has 29 heavy (non-hydrogen) atoms. The van der Waals surface area contributed by atoms with E-state index < -0.39 is 6.10 Å². The molecule has 1 aliphatic rings. The molecule has 0 aromatic heterocycles. The van der Waals surface area contributed by atoms with Gasteiger partial charge in [-0.2, -0.15) is 0 Å². The number of allylic oxidation sites excluding steroid dienone is 2. The molecular weight excluding hydrogens is 354 g/mol. The minimum absolute atomic E-state index is 0.0641. The maximum atomic E-state index is 9.49. The highest BCUT2D eigenvalue weighted by molar-refractivity contribution is 5.58. The van der Waals surface area contributed by atoms with Crippen LogP contribution >= 0.6 is 0 Å². The second kappa shape index (κ2) is 14.1. The summed E-state index contributed by atoms with van der Waals surface area (Å²) in [5.74, 6) is 0.604. The molecule has 0 saturated carbocycles. The van der Waals surface area contributed by atoms with E-state index in [-0.39, 0.29) is 6.04 Å². The minimum Gasteiger partial charge on any atom is -0.389 e. The highest BCUT2D eigenvalue weighted by atomic mass is 16.3. The number of aryl methyl sites for hydroxylation is 1. The summed E-state index contributed by atoms with van der Waals surface area (Å²) in [5, 5.41) is 9.49. The fraction of sp³-hybridized carbons (Fsp3) is 0.481. The van der Waals surface area contributed by atoms with E-state index in [1.54, 1.807) is 6.92 Å². The van der Waals surface area contributed by atoms with E-state index in [0.29, 0.717) is 5.92 Å². The average molecular weight is 398 g/mol. The van der Waals surface area contributed by atoms with Crippen LogP contribution in [0.5, 0.6) is 0 Å². The summed E-state index contributed by atoms with van der Waals surface area (Å²) in [6.45, 7) is 20.4. The molecule has 0 aliphatic heterocycles. The highest BCUT2D eigenvalue weighted by Crippen LogP contribution is 2.26. The van der Waals surface area contributed by atoms with Gasteiger partial charge in [-0.25, -0.2) is 0 Å². The van der Waals surface area contributed by atoms with Crippen molar-refractivity contribution in [2.24, 2.45) is 5.73 Å². The Morgan fingerprint density at radius 3 is 2.34 bits per heavy atom. The Bertz CT molecular complexity index is 720. The van der Waals surface area contributed by atoms with Crippen molar-refractivity contribution in [2.75, 3.05) is 0 Å². The molecule has 1 aromatic rings. The van der Waals surface area contributed by atoms with Gasteiger partial charge in [0, 0.05) is 6.04 Å². The van der Waals surface area contributed by atoms with E-state index >= 15 is 0 Å². The molecule has 162 valence electrons. The quantitative estimate of drug-likeness (QED) is 0.564. The van der Waals surface area contributed by atoms with Crippen LogP contribution in [0.15, 0.2) is 59.7 Å². The summed E-state index contributed by atoms with van der Waals surface area (Å²) in [5.41, 5.74) is 13.2. The third kappa shape index (κ3) is 8.55. The van der Waals surface area contributed by atoms with E-state index in [9.17, 15) is 5.11 Å². The maximum Gasteiger partial charge on any atom is 0.0764 e. The monoisotopic (exact) mass is 397 g/mol. The number of aliphatic hydroxyl groups excluding tert-OH is 1. The Morgan fingerprint density at radius 2 is 1.90 bits per heavy atom. The van der Waals surface area contributed by atoms with Crippen LogP contribution < -0.4 is 5.73 Å². The molecule has 0 fully saturated rings. The molecule has 0 saturated heterocycles. The Labute approximate surface area is 179 Å². The summed E-state index contributed by atoms with van der Waals surface area (Å²) in [7, 11) is 0. The molecule has 3 N–H and O–H groups in total. The maximum absolute atomic E-state index is 9.49. The van der Waals surface area contributed by atoms with E-state index in [1.807, 2.05) is 32.9 Å². The molecule has 2 unspecified atom stereocenters. The van der Waals surface area contributed by atoms with Crippen molar-refractivity contribution >= 4 is 6.08 Å². The third-order valence-corrected chi connectivity index (χ3v) is 4.84. The molecule has 1 aliphatic carbocycles. The van der Waals surface area contributed by atoms with Crippen molar-refractivity contribution in [1.82, 2.24) is 0 Å². The van der Waals surface area contributed by atoms with Gasteiger partial charge in [-0.3, -0.25) is 0 Å². The fourth-order valence-corrected chi connectivity index (χ4v) is 3.38. The topological polar surface area (TPSA) is 46.2 Å². The Morgan fingerprint density at radius 1 is 1.28 bits per heavy atom. The van der Waals surface area contributed by atoms with Crippen molar-refractivity contribution in [1.29, 1.82) is 0 Å². The number of benzene rings is 1. The second-order valence-electron chi connectivity index (χ2n) is 7.55. The second-order valence-corrected chi connectivity index (χ2v) is 7.55. The van der Waals surface area contributed by atoms with Crippen LogP contribution in [0.4, 0.5) is 0 Å². The normalized spacial score (nSPS) is 16.9. The van der Waals surface area contributed by atoms with Crippen molar-refractivity contribution < 1.29 is 5.11 Å². The smallest absolute Gasteiger partial charge is 0.0764 e. The number of aliphatic hydroxyl groups is 1. The fourth-order valence-electron chi connectivity index (χ4n) is 3.38. The van der Waals surface area contributed by atoms with Gasteiger partial charge in [-0.15, -0.1) is 0 Å². The third-order valence-electron chi connectivity index (χ3n) is 4.84. The number of nitrogens with two attached hydrogens (primary N) is 1. The lowest BCUT2D eigenvalue weighted by atomic mass is 9.88. The van der Waals surface area contributed by atoms with Crippen molar-refractivity contribution in [2.45, 2.75) is 86.3 Å². The van der Waals surface area contributed by atoms with Gasteiger partial charge in [0.15, 0.2) is 0 Å². The first-order valence-electron chi connectivity index (χ1n) is 11.0. The molecule has 2 atom stereocenters. The predicted molar refractivity (Wildman–Crippen MR) is 131 cm³/mol. The zero-order chi connectivity index (χ0) is 22.6. The van der Waals surface area contributed by atoms with Gasteiger partial charge in [0.25, 0.3) is 0 Å². The van der Waals surface area contributed by atoms with Crippen LogP contribution in [-0.4, -0.2) is 17.3 Å². The van der Waals surface area contributed by atoms with Crippen LogP contribution in [0.25, 0.3) is 6.08 Å². The van der Waals surface area contributed by atoms with Crippen LogP contribution in [-0.2, 0) is 6.42 Å². The van der Waals surface area contributed by atoms with Crippen molar-refractivity contribution in [3.8, 4) is 0 Å². The van der Waals surface area contributed by atoms with E-state index in [0.717, 1.165) is 29.6 Å². The molecule has 2 nitrogen and oxygen atoms in total. The van der Waals surface area contributed by atoms with Crippen LogP contribution in [0.2, 0.25) is 0 Å². The molecule has 0 bridgehead atoms. The molecule has 0 amide bonds. The molecule has 2 heteroatoms. The number of rotatable bonds is 5. The molecule has 2 rings (SSSR count). The van der Waals surface area contributed by atoms with Crippen LogP contribution in [0.1, 0.15) is 84.4 Å². The standard InChI is InChI=1S/C14H20.C11H17NO.C2H6/c1-5-8-14-12(6-2)9-7-10-13(14)11(3)4;1-7(2)11-6-9(12)4-5-10(11)8(3)13;1-2/h5,7-11H,6H2,1-4H3;4-5,8-9,13H,1,6,12H2,2-3H3;1-2H3/b8-5-;;. The minimum atomic E-state index is -0.435. The van der Waals surface area contributed by atoms with E-state index in [4.69, 9.17) is 5.73 Å². The summed E-state index contributed by atoms with van der Waals surface area (Å²) in [6.07, 6.45) is 9.65. The van der Waals surface area contributed by atoms with Crippen LogP contribution in [0.3, 0.4) is 0 Å². The molecule has 0 heterocycles. The van der Waals surface area contributed by atoms with Gasteiger partial charge in [0.2, 0.25) is 0 Å². The van der Waals surface area contributed by atoms with Gasteiger partial charge in [-0.05, 0) is 67.4 Å². The lowest BCUT2D eigenvalue weighted by molar-refractivity contribution is 0.233. The molecular formula is C27H43NO. The zero-order valence-corrected chi connectivity index (χ0v) is 19.9. The highest BCUT2D eigenvalue weighted by Gasteiger charge is 2.16. The average Bonchev–Trinajstić information content (AvgIpc) is 2.69. The first kappa shape index (κ1) is 27.1. The summed E-state index contributed by atoms with van der Waals surface area (Å²) < 4.78 is 0. The van der Waals surface area contributed by atoms with Gasteiger partial charge in [0.1, 0.15) is 0 Å². The number of hydrogen-bond acceptors (Lipinski definition) is 2. The largest absolute Gasteiger partial charge is 0.389 e. The SMILES string of the molecule is C/C=C\c1c(CC)cccc1C(C)C.C=C(C)C1=C(C(C)O)C=CC(N)C1.CC. The van der Waals surface area contributed by atoms with Gasteiger partial charge < -0.3 is 10.8 Å². The Balaban J connectivity index is 0.000000499. The predicted octanol–water partition coefficient (Wildman–Crippen LogP) is 6.96. The first-order valence-corrected chi connectivity index (χ1v) is 11.0. The van der Waals surface area contributed by atoms with E-state index in [1.165, 1.54) is 16.7 Å². The molecule has 0 radical (unpaired) electrons.